The summed E-state index contributed by atoms with van der Waals surface area (Å²) in [5.74, 6) is 1.83. The van der Waals surface area contributed by atoms with Crippen molar-refractivity contribution in [3.05, 3.63) is 47.5 Å². The molecule has 1 aromatic heterocycles. The van der Waals surface area contributed by atoms with E-state index in [1.165, 1.54) is 22.9 Å². The van der Waals surface area contributed by atoms with Crippen LogP contribution in [-0.2, 0) is 19.4 Å². The van der Waals surface area contributed by atoms with E-state index in [0.717, 1.165) is 25.9 Å². The molecule has 2 aromatic rings. The average Bonchev–Trinajstić information content (AvgIpc) is 2.76. The zero-order valence-electron chi connectivity index (χ0n) is 11.7. The Balaban J connectivity index is 2.11. The molecule has 0 saturated carbocycles. The molecule has 0 fully saturated rings. The first-order chi connectivity index (χ1) is 9.25. The SMILES string of the molecule is CC(C)Cc1nc2c(n1-c1ccccc1)CCNC2. The molecule has 3 heteroatoms. The van der Waals surface area contributed by atoms with E-state index in [1.807, 2.05) is 0 Å². The molecule has 1 aliphatic heterocycles. The normalized spacial score (nSPS) is 14.7. The second kappa shape index (κ2) is 5.17. The second-order valence-electron chi connectivity index (χ2n) is 5.62. The third-order valence-corrected chi connectivity index (χ3v) is 3.56. The van der Waals surface area contributed by atoms with Gasteiger partial charge in [0.25, 0.3) is 0 Å². The van der Waals surface area contributed by atoms with Crippen molar-refractivity contribution in [3.63, 3.8) is 0 Å². The van der Waals surface area contributed by atoms with Crippen molar-refractivity contribution in [2.45, 2.75) is 33.2 Å². The van der Waals surface area contributed by atoms with Crippen molar-refractivity contribution in [1.82, 2.24) is 14.9 Å². The minimum absolute atomic E-state index is 0.624. The third-order valence-electron chi connectivity index (χ3n) is 3.56. The van der Waals surface area contributed by atoms with Crippen LogP contribution in [0.2, 0.25) is 0 Å². The Morgan fingerprint density at radius 2 is 2.05 bits per heavy atom. The lowest BCUT2D eigenvalue weighted by Gasteiger charge is -2.16. The number of hydrogen-bond acceptors (Lipinski definition) is 2. The van der Waals surface area contributed by atoms with Gasteiger partial charge in [0.05, 0.1) is 5.69 Å². The lowest BCUT2D eigenvalue weighted by atomic mass is 10.1. The van der Waals surface area contributed by atoms with Gasteiger partial charge in [-0.1, -0.05) is 32.0 Å². The summed E-state index contributed by atoms with van der Waals surface area (Å²) in [6.07, 6.45) is 2.09. The minimum Gasteiger partial charge on any atom is -0.311 e. The molecule has 0 unspecified atom stereocenters. The Labute approximate surface area is 114 Å². The van der Waals surface area contributed by atoms with Gasteiger partial charge < -0.3 is 9.88 Å². The Hall–Kier alpha value is -1.61. The van der Waals surface area contributed by atoms with Gasteiger partial charge in [-0.2, -0.15) is 0 Å². The van der Waals surface area contributed by atoms with Crippen LogP contribution in [0, 0.1) is 5.92 Å². The first-order valence-electron chi connectivity index (χ1n) is 7.11. The summed E-state index contributed by atoms with van der Waals surface area (Å²) < 4.78 is 2.37. The van der Waals surface area contributed by atoms with Gasteiger partial charge >= 0.3 is 0 Å². The summed E-state index contributed by atoms with van der Waals surface area (Å²) in [6, 6.07) is 10.6. The lowest BCUT2D eigenvalue weighted by Crippen LogP contribution is -2.24. The molecule has 0 atom stereocenters. The summed E-state index contributed by atoms with van der Waals surface area (Å²) >= 11 is 0. The summed E-state index contributed by atoms with van der Waals surface area (Å²) in [5.41, 5.74) is 3.86. The number of benzene rings is 1. The van der Waals surface area contributed by atoms with Crippen LogP contribution < -0.4 is 5.32 Å². The van der Waals surface area contributed by atoms with Crippen molar-refractivity contribution < 1.29 is 0 Å². The number of rotatable bonds is 3. The maximum Gasteiger partial charge on any atom is 0.114 e. The Kier molecular flexibility index (Phi) is 3.38. The molecule has 1 aliphatic rings. The van der Waals surface area contributed by atoms with E-state index in [4.69, 9.17) is 4.98 Å². The molecule has 1 aromatic carbocycles. The monoisotopic (exact) mass is 255 g/mol. The molecule has 3 nitrogen and oxygen atoms in total. The molecule has 0 aliphatic carbocycles. The third kappa shape index (κ3) is 2.43. The maximum absolute atomic E-state index is 4.87. The van der Waals surface area contributed by atoms with Gasteiger partial charge in [-0.3, -0.25) is 0 Å². The number of para-hydroxylation sites is 1. The highest BCUT2D eigenvalue weighted by Gasteiger charge is 2.20. The van der Waals surface area contributed by atoms with E-state index >= 15 is 0 Å². The molecule has 0 saturated heterocycles. The van der Waals surface area contributed by atoms with Crippen molar-refractivity contribution in [3.8, 4) is 5.69 Å². The number of hydrogen-bond donors (Lipinski definition) is 1. The standard InChI is InChI=1S/C16H21N3/c1-12(2)10-16-18-14-11-17-9-8-15(14)19(16)13-6-4-3-5-7-13/h3-7,12,17H,8-11H2,1-2H3. The summed E-state index contributed by atoms with van der Waals surface area (Å²) in [7, 11) is 0. The molecule has 100 valence electrons. The van der Waals surface area contributed by atoms with Crippen molar-refractivity contribution in [2.24, 2.45) is 5.92 Å². The van der Waals surface area contributed by atoms with Crippen molar-refractivity contribution in [2.75, 3.05) is 6.54 Å². The predicted octanol–water partition coefficient (Wildman–Crippen LogP) is 2.72. The summed E-state index contributed by atoms with van der Waals surface area (Å²) in [4.78, 5) is 4.87. The van der Waals surface area contributed by atoms with Gasteiger partial charge in [-0.25, -0.2) is 4.98 Å². The van der Waals surface area contributed by atoms with Gasteiger partial charge in [0.15, 0.2) is 0 Å². The van der Waals surface area contributed by atoms with Crippen LogP contribution >= 0.6 is 0 Å². The van der Waals surface area contributed by atoms with Crippen LogP contribution in [0.15, 0.2) is 30.3 Å². The van der Waals surface area contributed by atoms with E-state index in [1.54, 1.807) is 0 Å². The molecular formula is C16H21N3. The molecular weight excluding hydrogens is 234 g/mol. The van der Waals surface area contributed by atoms with Crippen molar-refractivity contribution >= 4 is 0 Å². The van der Waals surface area contributed by atoms with Gasteiger partial charge in [-0.05, 0) is 18.1 Å². The molecule has 0 amide bonds. The van der Waals surface area contributed by atoms with Gasteiger partial charge in [-0.15, -0.1) is 0 Å². The molecule has 0 spiro atoms. The molecule has 3 rings (SSSR count). The highest BCUT2D eigenvalue weighted by Crippen LogP contribution is 2.23. The minimum atomic E-state index is 0.624. The second-order valence-corrected chi connectivity index (χ2v) is 5.62. The zero-order chi connectivity index (χ0) is 13.2. The van der Waals surface area contributed by atoms with Crippen LogP contribution in [0.3, 0.4) is 0 Å². The zero-order valence-corrected chi connectivity index (χ0v) is 11.7. The van der Waals surface area contributed by atoms with Crippen LogP contribution in [0.5, 0.6) is 0 Å². The van der Waals surface area contributed by atoms with E-state index in [9.17, 15) is 0 Å². The molecule has 1 N–H and O–H groups in total. The number of nitrogens with zero attached hydrogens (tertiary/aromatic N) is 2. The van der Waals surface area contributed by atoms with Crippen LogP contribution in [-0.4, -0.2) is 16.1 Å². The Morgan fingerprint density at radius 3 is 2.79 bits per heavy atom. The first-order valence-corrected chi connectivity index (χ1v) is 7.11. The van der Waals surface area contributed by atoms with E-state index in [0.29, 0.717) is 5.92 Å². The molecule has 0 radical (unpaired) electrons. The van der Waals surface area contributed by atoms with Crippen LogP contribution in [0.1, 0.15) is 31.1 Å². The highest BCUT2D eigenvalue weighted by molar-refractivity contribution is 5.38. The van der Waals surface area contributed by atoms with Gasteiger partial charge in [0, 0.05) is 37.3 Å². The molecule has 19 heavy (non-hydrogen) atoms. The van der Waals surface area contributed by atoms with E-state index in [-0.39, 0.29) is 0 Å². The Morgan fingerprint density at radius 1 is 1.26 bits per heavy atom. The van der Waals surface area contributed by atoms with Gasteiger partial charge in [0.1, 0.15) is 5.82 Å². The molecule has 2 heterocycles. The highest BCUT2D eigenvalue weighted by atomic mass is 15.1. The Bertz CT molecular complexity index is 555. The van der Waals surface area contributed by atoms with Crippen LogP contribution in [0.4, 0.5) is 0 Å². The largest absolute Gasteiger partial charge is 0.311 e. The maximum atomic E-state index is 4.87. The molecule has 0 bridgehead atoms. The topological polar surface area (TPSA) is 29.9 Å². The average molecular weight is 255 g/mol. The smallest absolute Gasteiger partial charge is 0.114 e. The first kappa shape index (κ1) is 12.4. The lowest BCUT2D eigenvalue weighted by molar-refractivity contribution is 0.608. The van der Waals surface area contributed by atoms with E-state index in [2.05, 4.69) is 54.1 Å². The van der Waals surface area contributed by atoms with Crippen LogP contribution in [0.25, 0.3) is 5.69 Å². The number of fused-ring (bicyclic) bond motifs is 1. The van der Waals surface area contributed by atoms with E-state index < -0.39 is 0 Å². The summed E-state index contributed by atoms with van der Waals surface area (Å²) in [6.45, 7) is 6.45. The van der Waals surface area contributed by atoms with Gasteiger partial charge in [0.2, 0.25) is 0 Å². The van der Waals surface area contributed by atoms with Crippen molar-refractivity contribution in [1.29, 1.82) is 0 Å². The number of imidazole rings is 1. The summed E-state index contributed by atoms with van der Waals surface area (Å²) in [5, 5.41) is 3.41. The quantitative estimate of drug-likeness (QED) is 0.914. The number of aromatic nitrogens is 2. The fourth-order valence-corrected chi connectivity index (χ4v) is 2.75. The fraction of sp³-hybridized carbons (Fsp3) is 0.438. The number of nitrogens with one attached hydrogen (secondary N) is 1. The fourth-order valence-electron chi connectivity index (χ4n) is 2.75. The predicted molar refractivity (Wildman–Crippen MR) is 77.5 cm³/mol.